The van der Waals surface area contributed by atoms with E-state index in [2.05, 4.69) is 5.10 Å². The van der Waals surface area contributed by atoms with Gasteiger partial charge in [0.25, 0.3) is 5.56 Å². The van der Waals surface area contributed by atoms with E-state index in [1.807, 2.05) is 6.07 Å². The van der Waals surface area contributed by atoms with Gasteiger partial charge in [-0.2, -0.15) is 4.68 Å². The van der Waals surface area contributed by atoms with Crippen molar-refractivity contribution < 1.29 is 4.74 Å². The molecule has 0 spiro atoms. The smallest absolute Gasteiger partial charge is 0.279 e. The Morgan fingerprint density at radius 2 is 1.63 bits per heavy atom. The first-order valence-corrected chi connectivity index (χ1v) is 8.51. The van der Waals surface area contributed by atoms with Crippen molar-refractivity contribution in [2.75, 3.05) is 11.5 Å². The summed E-state index contributed by atoms with van der Waals surface area (Å²) in [7, 11) is 0. The first-order chi connectivity index (χ1) is 13.0. The number of nitrogen functional groups attached to an aromatic ring is 2. The van der Waals surface area contributed by atoms with Gasteiger partial charge in [0.05, 0.1) is 27.2 Å². The average molecular weight is 379 g/mol. The number of hydrogen-bond acceptors (Lipinski definition) is 5. The second kappa shape index (κ2) is 6.66. The standard InChI is InChI=1S/C20H15ClN4O2/c21-17-11-14(9-10-18(17)23)27-19-15-3-1-2-4-16(15)20(26)25(24-19)13-7-5-12(22)6-8-13/h1-11H,22-23H2. The van der Waals surface area contributed by atoms with Crippen LogP contribution >= 0.6 is 11.6 Å². The molecule has 0 fully saturated rings. The highest BCUT2D eigenvalue weighted by Crippen LogP contribution is 2.30. The molecule has 0 unspecified atom stereocenters. The van der Waals surface area contributed by atoms with E-state index >= 15 is 0 Å². The molecule has 0 radical (unpaired) electrons. The van der Waals surface area contributed by atoms with Crippen molar-refractivity contribution in [2.24, 2.45) is 0 Å². The van der Waals surface area contributed by atoms with Crippen LogP contribution < -0.4 is 21.8 Å². The summed E-state index contributed by atoms with van der Waals surface area (Å²) in [4.78, 5) is 12.9. The van der Waals surface area contributed by atoms with Gasteiger partial charge in [-0.15, -0.1) is 5.10 Å². The largest absolute Gasteiger partial charge is 0.437 e. The van der Waals surface area contributed by atoms with Crippen LogP contribution in [0.4, 0.5) is 11.4 Å². The molecule has 4 N–H and O–H groups in total. The van der Waals surface area contributed by atoms with Crippen molar-refractivity contribution in [1.29, 1.82) is 0 Å². The molecule has 0 saturated carbocycles. The molecular formula is C20H15ClN4O2. The zero-order valence-corrected chi connectivity index (χ0v) is 14.9. The topological polar surface area (TPSA) is 96.2 Å². The summed E-state index contributed by atoms with van der Waals surface area (Å²) in [5.41, 5.74) is 12.9. The Hall–Kier alpha value is -3.51. The predicted molar refractivity (Wildman–Crippen MR) is 108 cm³/mol. The molecular weight excluding hydrogens is 364 g/mol. The maximum absolute atomic E-state index is 12.9. The lowest BCUT2D eigenvalue weighted by Crippen LogP contribution is -2.21. The van der Waals surface area contributed by atoms with Crippen LogP contribution in [0.15, 0.2) is 71.5 Å². The van der Waals surface area contributed by atoms with Gasteiger partial charge in [0.1, 0.15) is 5.75 Å². The van der Waals surface area contributed by atoms with Gasteiger partial charge < -0.3 is 16.2 Å². The van der Waals surface area contributed by atoms with Crippen LogP contribution in [0.2, 0.25) is 5.02 Å². The van der Waals surface area contributed by atoms with Gasteiger partial charge in [-0.05, 0) is 48.5 Å². The van der Waals surface area contributed by atoms with Gasteiger partial charge in [-0.25, -0.2) is 0 Å². The first kappa shape index (κ1) is 16.9. The Morgan fingerprint density at radius 3 is 2.33 bits per heavy atom. The lowest BCUT2D eigenvalue weighted by molar-refractivity contribution is 0.454. The molecule has 134 valence electrons. The molecule has 0 saturated heterocycles. The van der Waals surface area contributed by atoms with Crippen LogP contribution in [0.25, 0.3) is 16.5 Å². The van der Waals surface area contributed by atoms with E-state index < -0.39 is 0 Å². The molecule has 3 aromatic carbocycles. The third-order valence-corrected chi connectivity index (χ3v) is 4.42. The first-order valence-electron chi connectivity index (χ1n) is 8.14. The van der Waals surface area contributed by atoms with Crippen LogP contribution in [0.3, 0.4) is 0 Å². The number of nitrogens with two attached hydrogens (primary N) is 2. The summed E-state index contributed by atoms with van der Waals surface area (Å²) in [6.45, 7) is 0. The molecule has 0 atom stereocenters. The number of halogens is 1. The number of nitrogens with zero attached hydrogens (tertiary/aromatic N) is 2. The lowest BCUT2D eigenvalue weighted by atomic mass is 10.2. The number of hydrogen-bond donors (Lipinski definition) is 2. The fourth-order valence-electron chi connectivity index (χ4n) is 2.71. The molecule has 4 rings (SSSR count). The highest BCUT2D eigenvalue weighted by Gasteiger charge is 2.14. The van der Waals surface area contributed by atoms with E-state index in [1.54, 1.807) is 60.7 Å². The maximum Gasteiger partial charge on any atom is 0.279 e. The van der Waals surface area contributed by atoms with Crippen molar-refractivity contribution in [2.45, 2.75) is 0 Å². The van der Waals surface area contributed by atoms with E-state index in [4.69, 9.17) is 27.8 Å². The number of aromatic nitrogens is 2. The van der Waals surface area contributed by atoms with Crippen molar-refractivity contribution in [1.82, 2.24) is 9.78 Å². The van der Waals surface area contributed by atoms with E-state index in [9.17, 15) is 4.79 Å². The third kappa shape index (κ3) is 3.18. The number of fused-ring (bicyclic) bond motifs is 1. The monoisotopic (exact) mass is 378 g/mol. The molecule has 7 heteroatoms. The summed E-state index contributed by atoms with van der Waals surface area (Å²) < 4.78 is 7.22. The molecule has 0 bridgehead atoms. The molecule has 0 aliphatic carbocycles. The summed E-state index contributed by atoms with van der Waals surface area (Å²) in [5.74, 6) is 0.747. The van der Waals surface area contributed by atoms with Crippen LogP contribution in [0.1, 0.15) is 0 Å². The van der Waals surface area contributed by atoms with Crippen molar-refractivity contribution >= 4 is 33.7 Å². The normalized spacial score (nSPS) is 10.9. The van der Waals surface area contributed by atoms with E-state index in [1.165, 1.54) is 4.68 Å². The number of rotatable bonds is 3. The van der Waals surface area contributed by atoms with Crippen LogP contribution in [0.5, 0.6) is 11.6 Å². The number of anilines is 2. The SMILES string of the molecule is Nc1ccc(-n2nc(Oc3ccc(N)c(Cl)c3)c3ccccc3c2=O)cc1. The van der Waals surface area contributed by atoms with Crippen molar-refractivity contribution in [3.8, 4) is 17.3 Å². The quantitative estimate of drug-likeness (QED) is 0.525. The fraction of sp³-hybridized carbons (Fsp3) is 0. The minimum atomic E-state index is -0.252. The van der Waals surface area contributed by atoms with E-state index in [0.29, 0.717) is 38.6 Å². The molecule has 0 amide bonds. The molecule has 27 heavy (non-hydrogen) atoms. The number of ether oxygens (including phenoxy) is 1. The van der Waals surface area contributed by atoms with Crippen LogP contribution in [0, 0.1) is 0 Å². The molecule has 1 aromatic heterocycles. The molecule has 0 aliphatic heterocycles. The van der Waals surface area contributed by atoms with Gasteiger partial charge in [0.15, 0.2) is 0 Å². The Balaban J connectivity index is 1.91. The Kier molecular flexibility index (Phi) is 4.18. The Bertz CT molecular complexity index is 1200. The molecule has 0 aliphatic rings. The van der Waals surface area contributed by atoms with Crippen molar-refractivity contribution in [3.05, 3.63) is 82.1 Å². The zero-order chi connectivity index (χ0) is 19.0. The minimum Gasteiger partial charge on any atom is -0.437 e. The van der Waals surface area contributed by atoms with Gasteiger partial charge in [-0.1, -0.05) is 23.7 Å². The average Bonchev–Trinajstić information content (AvgIpc) is 2.68. The van der Waals surface area contributed by atoms with E-state index in [0.717, 1.165) is 0 Å². The summed E-state index contributed by atoms with van der Waals surface area (Å²) >= 11 is 6.07. The second-order valence-corrected chi connectivity index (χ2v) is 6.35. The van der Waals surface area contributed by atoms with Gasteiger partial charge in [0, 0.05) is 11.8 Å². The predicted octanol–water partition coefficient (Wildman–Crippen LogP) is 4.00. The van der Waals surface area contributed by atoms with E-state index in [-0.39, 0.29) is 11.4 Å². The van der Waals surface area contributed by atoms with Crippen LogP contribution in [-0.4, -0.2) is 9.78 Å². The number of benzene rings is 3. The lowest BCUT2D eigenvalue weighted by Gasteiger charge is -2.12. The van der Waals surface area contributed by atoms with Crippen LogP contribution in [-0.2, 0) is 0 Å². The van der Waals surface area contributed by atoms with Gasteiger partial charge >= 0.3 is 0 Å². The van der Waals surface area contributed by atoms with Crippen molar-refractivity contribution in [3.63, 3.8) is 0 Å². The summed E-state index contributed by atoms with van der Waals surface area (Å²) in [5, 5.41) is 5.88. The Morgan fingerprint density at radius 1 is 0.926 bits per heavy atom. The summed E-state index contributed by atoms with van der Waals surface area (Å²) in [6.07, 6.45) is 0. The van der Waals surface area contributed by atoms with Gasteiger partial charge in [-0.3, -0.25) is 4.79 Å². The fourth-order valence-corrected chi connectivity index (χ4v) is 2.88. The Labute approximate surface area is 159 Å². The van der Waals surface area contributed by atoms with Gasteiger partial charge in [0.2, 0.25) is 5.88 Å². The zero-order valence-electron chi connectivity index (χ0n) is 14.1. The molecule has 6 nitrogen and oxygen atoms in total. The third-order valence-electron chi connectivity index (χ3n) is 4.10. The highest BCUT2D eigenvalue weighted by atomic mass is 35.5. The summed E-state index contributed by atoms with van der Waals surface area (Å²) in [6, 6.07) is 18.9. The molecule has 1 heterocycles. The molecule has 4 aromatic rings. The highest BCUT2D eigenvalue weighted by molar-refractivity contribution is 6.33. The minimum absolute atomic E-state index is 0.252. The maximum atomic E-state index is 12.9. The second-order valence-electron chi connectivity index (χ2n) is 5.94.